The minimum atomic E-state index is -0.392. The molecule has 6 nitrogen and oxygen atoms in total. The first-order chi connectivity index (χ1) is 17.5. The third-order valence-electron chi connectivity index (χ3n) is 7.39. The van der Waals surface area contributed by atoms with Crippen molar-refractivity contribution in [2.24, 2.45) is 5.73 Å². The van der Waals surface area contributed by atoms with E-state index in [0.29, 0.717) is 12.0 Å². The van der Waals surface area contributed by atoms with Crippen LogP contribution in [-0.2, 0) is 0 Å². The maximum absolute atomic E-state index is 6.33. The van der Waals surface area contributed by atoms with Gasteiger partial charge in [0.1, 0.15) is 11.6 Å². The lowest BCUT2D eigenvalue weighted by atomic mass is 10.00. The number of hydrogen-bond acceptors (Lipinski definition) is 4. The molecular formula is C29H35N6Si. The molecule has 1 saturated heterocycles. The van der Waals surface area contributed by atoms with Crippen LogP contribution in [0.1, 0.15) is 61.0 Å². The molecular weight excluding hydrogens is 460 g/mol. The van der Waals surface area contributed by atoms with Crippen molar-refractivity contribution >= 4 is 8.80 Å². The zero-order valence-corrected chi connectivity index (χ0v) is 22.1. The van der Waals surface area contributed by atoms with Crippen LogP contribution in [0.25, 0.3) is 33.6 Å². The molecule has 2 aliphatic rings. The van der Waals surface area contributed by atoms with Crippen molar-refractivity contribution < 1.29 is 0 Å². The summed E-state index contributed by atoms with van der Waals surface area (Å²) >= 11 is 0. The number of benzene rings is 2. The lowest BCUT2D eigenvalue weighted by Gasteiger charge is -2.10. The molecule has 1 saturated carbocycles. The number of nitrogens with one attached hydrogen (secondary N) is 3. The Morgan fingerprint density at radius 3 is 2.19 bits per heavy atom. The van der Waals surface area contributed by atoms with E-state index in [1.165, 1.54) is 41.6 Å². The Labute approximate surface area is 214 Å². The third kappa shape index (κ3) is 4.83. The highest BCUT2D eigenvalue weighted by Gasteiger charge is 2.31. The zero-order valence-electron chi connectivity index (χ0n) is 21.1. The van der Waals surface area contributed by atoms with E-state index in [-0.39, 0.29) is 6.04 Å². The van der Waals surface area contributed by atoms with Crippen molar-refractivity contribution in [2.45, 2.75) is 62.8 Å². The van der Waals surface area contributed by atoms with Crippen molar-refractivity contribution in [3.8, 4) is 33.6 Å². The van der Waals surface area contributed by atoms with E-state index in [1.807, 2.05) is 6.20 Å². The van der Waals surface area contributed by atoms with Crippen molar-refractivity contribution in [2.75, 3.05) is 6.54 Å². The minimum Gasteiger partial charge on any atom is -0.344 e. The first-order valence-corrected chi connectivity index (χ1v) is 15.9. The topological polar surface area (TPSA) is 95.4 Å². The summed E-state index contributed by atoms with van der Waals surface area (Å²) in [7, 11) is -0.392. The van der Waals surface area contributed by atoms with Crippen LogP contribution in [0.4, 0.5) is 0 Å². The third-order valence-corrected chi connectivity index (χ3v) is 8.64. The van der Waals surface area contributed by atoms with Gasteiger partial charge in [0.15, 0.2) is 0 Å². The van der Waals surface area contributed by atoms with Crippen LogP contribution in [0.15, 0.2) is 54.7 Å². The van der Waals surface area contributed by atoms with Gasteiger partial charge < -0.3 is 21.0 Å². The summed E-state index contributed by atoms with van der Waals surface area (Å²) in [6.07, 6.45) is 6.81. The van der Waals surface area contributed by atoms with Crippen molar-refractivity contribution in [3.05, 3.63) is 72.1 Å². The molecule has 0 unspecified atom stereocenters. The summed E-state index contributed by atoms with van der Waals surface area (Å²) in [4.78, 5) is 16.7. The molecule has 5 N–H and O–H groups in total. The number of nitrogens with zero attached hydrogens (tertiary/aromatic N) is 2. The molecule has 7 heteroatoms. The largest absolute Gasteiger partial charge is 0.344 e. The number of rotatable bonds is 8. The first kappa shape index (κ1) is 23.4. The molecule has 2 fully saturated rings. The second-order valence-electron chi connectivity index (χ2n) is 10.7. The standard InChI is InChI=1S/C29H35N6Si/c1-36(2)17-23(30)28-32-16-25(33-28)20-9-5-18(6-10-20)19-7-11-21(12-8-19)26-27(22-13-14-22)35-29(34-26)24-4-3-15-31-24/h5-12,16,22-24,31H,3-4,13-15,17,30H2,1-2H3,(H,32,33)(H,34,35)/t23-,24-/m0/s1. The van der Waals surface area contributed by atoms with Gasteiger partial charge in [0.25, 0.3) is 0 Å². The van der Waals surface area contributed by atoms with Crippen LogP contribution < -0.4 is 11.1 Å². The van der Waals surface area contributed by atoms with Gasteiger partial charge in [0.05, 0.1) is 29.7 Å². The van der Waals surface area contributed by atoms with Gasteiger partial charge in [-0.3, -0.25) is 0 Å². The number of H-pyrrole nitrogens is 2. The van der Waals surface area contributed by atoms with E-state index in [0.717, 1.165) is 47.6 Å². The summed E-state index contributed by atoms with van der Waals surface area (Å²) in [5, 5.41) is 3.58. The van der Waals surface area contributed by atoms with Gasteiger partial charge in [-0.15, -0.1) is 0 Å². The highest BCUT2D eigenvalue weighted by atomic mass is 28.3. The minimum absolute atomic E-state index is 0.0131. The molecule has 36 heavy (non-hydrogen) atoms. The van der Waals surface area contributed by atoms with Crippen LogP contribution in [0, 0.1) is 0 Å². The molecule has 2 aromatic carbocycles. The zero-order chi connectivity index (χ0) is 24.6. The monoisotopic (exact) mass is 495 g/mol. The van der Waals surface area contributed by atoms with Gasteiger partial charge >= 0.3 is 0 Å². The fourth-order valence-corrected chi connectivity index (χ4v) is 6.32. The second-order valence-corrected chi connectivity index (χ2v) is 13.5. The van der Waals surface area contributed by atoms with E-state index < -0.39 is 8.80 Å². The molecule has 185 valence electrons. The van der Waals surface area contributed by atoms with Gasteiger partial charge in [-0.05, 0) is 55.0 Å². The molecule has 1 radical (unpaired) electrons. The predicted molar refractivity (Wildman–Crippen MR) is 148 cm³/mol. The van der Waals surface area contributed by atoms with E-state index in [1.54, 1.807) is 0 Å². The molecule has 3 heterocycles. The lowest BCUT2D eigenvalue weighted by Crippen LogP contribution is -2.17. The normalized spacial score (nSPS) is 18.7. The molecule has 0 spiro atoms. The molecule has 2 aromatic heterocycles. The summed E-state index contributed by atoms with van der Waals surface area (Å²) in [6.45, 7) is 5.65. The van der Waals surface area contributed by atoms with Crippen LogP contribution in [-0.4, -0.2) is 35.3 Å². The Kier molecular flexibility index (Phi) is 6.37. The van der Waals surface area contributed by atoms with E-state index in [2.05, 4.69) is 81.9 Å². The number of imidazole rings is 2. The van der Waals surface area contributed by atoms with E-state index in [4.69, 9.17) is 10.7 Å². The van der Waals surface area contributed by atoms with Crippen LogP contribution in [0.3, 0.4) is 0 Å². The molecule has 4 aromatic rings. The van der Waals surface area contributed by atoms with Crippen molar-refractivity contribution in [3.63, 3.8) is 0 Å². The number of nitrogens with two attached hydrogens (primary N) is 1. The SMILES string of the molecule is C[Si](C)C[C@H](N)c1ncc(-c2ccc(-c3ccc(-c4nc([C@@H]5CCCN5)[nH]c4C4CC4)cc3)cc2)[nH]1. The predicted octanol–water partition coefficient (Wildman–Crippen LogP) is 6.19. The van der Waals surface area contributed by atoms with Crippen molar-refractivity contribution in [1.82, 2.24) is 25.3 Å². The Morgan fingerprint density at radius 1 is 0.917 bits per heavy atom. The summed E-state index contributed by atoms with van der Waals surface area (Å²) in [6, 6.07) is 18.9. The van der Waals surface area contributed by atoms with Gasteiger partial charge in [0.2, 0.25) is 0 Å². The highest BCUT2D eigenvalue weighted by Crippen LogP contribution is 2.44. The fourth-order valence-electron chi connectivity index (χ4n) is 5.25. The van der Waals surface area contributed by atoms with Crippen LogP contribution >= 0.6 is 0 Å². The molecule has 1 aliphatic heterocycles. The van der Waals surface area contributed by atoms with Gasteiger partial charge in [-0.2, -0.15) is 0 Å². The quantitative estimate of drug-likeness (QED) is 0.219. The van der Waals surface area contributed by atoms with Crippen LogP contribution in [0.5, 0.6) is 0 Å². The molecule has 6 rings (SSSR count). The van der Waals surface area contributed by atoms with Crippen LogP contribution in [0.2, 0.25) is 19.1 Å². The molecule has 0 amide bonds. The Balaban J connectivity index is 1.20. The summed E-state index contributed by atoms with van der Waals surface area (Å²) in [5.41, 5.74) is 14.5. The first-order valence-electron chi connectivity index (χ1n) is 13.2. The average molecular weight is 496 g/mol. The van der Waals surface area contributed by atoms with E-state index in [9.17, 15) is 0 Å². The van der Waals surface area contributed by atoms with Gasteiger partial charge in [-0.1, -0.05) is 61.6 Å². The Morgan fingerprint density at radius 2 is 1.58 bits per heavy atom. The lowest BCUT2D eigenvalue weighted by molar-refractivity contribution is 0.611. The Hall–Kier alpha value is -3.00. The molecule has 1 aliphatic carbocycles. The number of hydrogen-bond donors (Lipinski definition) is 4. The maximum atomic E-state index is 6.33. The number of aromatic amines is 2. The smallest absolute Gasteiger partial charge is 0.124 e. The molecule has 0 bridgehead atoms. The fraction of sp³-hybridized carbons (Fsp3) is 0.379. The second kappa shape index (κ2) is 9.80. The Bertz CT molecular complexity index is 1310. The van der Waals surface area contributed by atoms with Crippen molar-refractivity contribution in [1.29, 1.82) is 0 Å². The van der Waals surface area contributed by atoms with Gasteiger partial charge in [-0.25, -0.2) is 9.97 Å². The summed E-state index contributed by atoms with van der Waals surface area (Å²) < 4.78 is 0. The van der Waals surface area contributed by atoms with Gasteiger partial charge in [0, 0.05) is 26.0 Å². The summed E-state index contributed by atoms with van der Waals surface area (Å²) in [5.74, 6) is 2.63. The highest BCUT2D eigenvalue weighted by molar-refractivity contribution is 6.55. The molecule has 2 atom stereocenters. The average Bonchev–Trinajstić information content (AvgIpc) is 3.30. The maximum Gasteiger partial charge on any atom is 0.124 e. The van der Waals surface area contributed by atoms with E-state index >= 15 is 0 Å². The number of aromatic nitrogens is 4.